The quantitative estimate of drug-likeness (QED) is 0.422. The molecule has 200 valence electrons. The van der Waals surface area contributed by atoms with Crippen molar-refractivity contribution in [3.05, 3.63) is 81.5 Å². The van der Waals surface area contributed by atoms with Gasteiger partial charge in [0.05, 0.1) is 33.0 Å². The van der Waals surface area contributed by atoms with Crippen molar-refractivity contribution in [3.63, 3.8) is 0 Å². The first kappa shape index (κ1) is 27.7. The molecule has 7 nitrogen and oxygen atoms in total. The van der Waals surface area contributed by atoms with E-state index in [0.717, 1.165) is 23.8 Å². The number of nitrogens with zero attached hydrogens (tertiary/aromatic N) is 3. The zero-order chi connectivity index (χ0) is 27.9. The lowest BCUT2D eigenvalue weighted by atomic mass is 9.84. The monoisotopic (exact) mass is 564 g/mol. The van der Waals surface area contributed by atoms with Crippen molar-refractivity contribution in [2.24, 2.45) is 0 Å². The topological polar surface area (TPSA) is 106 Å². The van der Waals surface area contributed by atoms with Crippen LogP contribution in [-0.4, -0.2) is 31.6 Å². The number of aromatic nitrogens is 1. The van der Waals surface area contributed by atoms with Gasteiger partial charge in [-0.05, 0) is 68.1 Å². The predicted octanol–water partition coefficient (Wildman–Crippen LogP) is 5.53. The largest absolute Gasteiger partial charge is 0.416 e. The highest BCUT2D eigenvalue weighted by Crippen LogP contribution is 2.38. The van der Waals surface area contributed by atoms with Gasteiger partial charge in [-0.3, -0.25) is 4.72 Å². The highest BCUT2D eigenvalue weighted by Gasteiger charge is 2.36. The van der Waals surface area contributed by atoms with E-state index in [4.69, 9.17) is 11.6 Å². The van der Waals surface area contributed by atoms with Gasteiger partial charge in [0.2, 0.25) is 0 Å². The van der Waals surface area contributed by atoms with Gasteiger partial charge in [0, 0.05) is 18.1 Å². The summed E-state index contributed by atoms with van der Waals surface area (Å²) < 4.78 is 67.6. The number of sulfonamides is 1. The first-order valence-corrected chi connectivity index (χ1v) is 13.5. The van der Waals surface area contributed by atoms with Crippen molar-refractivity contribution in [1.29, 1.82) is 5.26 Å². The van der Waals surface area contributed by atoms with Crippen LogP contribution in [0, 0.1) is 25.2 Å². The molecule has 1 fully saturated rings. The van der Waals surface area contributed by atoms with Gasteiger partial charge in [0.1, 0.15) is 11.9 Å². The number of nitriles is 1. The van der Waals surface area contributed by atoms with Gasteiger partial charge >= 0.3 is 6.18 Å². The zero-order valence-corrected chi connectivity index (χ0v) is 22.0. The van der Waals surface area contributed by atoms with Crippen LogP contribution in [0.15, 0.2) is 53.4 Å². The van der Waals surface area contributed by atoms with E-state index in [1.165, 1.54) is 0 Å². The molecule has 12 heteroatoms. The van der Waals surface area contributed by atoms with Gasteiger partial charge < -0.3 is 10.0 Å². The van der Waals surface area contributed by atoms with Gasteiger partial charge in [-0.15, -0.1) is 0 Å². The van der Waals surface area contributed by atoms with Crippen molar-refractivity contribution in [2.45, 2.75) is 43.4 Å². The number of hydrogen-bond donors (Lipinski definition) is 2. The van der Waals surface area contributed by atoms with Gasteiger partial charge in [-0.25, -0.2) is 13.4 Å². The first-order chi connectivity index (χ1) is 17.7. The summed E-state index contributed by atoms with van der Waals surface area (Å²) in [4.78, 5) is 5.78. The molecule has 0 saturated carbocycles. The summed E-state index contributed by atoms with van der Waals surface area (Å²) in [5.41, 5.74) is -0.717. The molecule has 1 aromatic heterocycles. The number of alkyl halides is 3. The maximum atomic E-state index is 13.1. The Labute approximate surface area is 223 Å². The van der Waals surface area contributed by atoms with Gasteiger partial charge in [0.15, 0.2) is 0 Å². The SMILES string of the molecule is Cc1nc(N2CCC(O)(c3ccc(Cl)cc3)CC2)c(C#N)c(C)c1NS(=O)(=O)c1cccc(C(F)(F)F)c1. The highest BCUT2D eigenvalue weighted by atomic mass is 35.5. The zero-order valence-electron chi connectivity index (χ0n) is 20.5. The van der Waals surface area contributed by atoms with Crippen molar-refractivity contribution in [3.8, 4) is 6.07 Å². The average Bonchev–Trinajstić information content (AvgIpc) is 2.87. The van der Waals surface area contributed by atoms with Crippen LogP contribution < -0.4 is 9.62 Å². The maximum absolute atomic E-state index is 13.1. The Kier molecular flexibility index (Phi) is 7.36. The standard InChI is InChI=1S/C26H24ClF3N4O3S/c1-16-22(15-31)24(34-12-10-25(35,11-13-34)18-6-8-20(27)9-7-18)32-17(2)23(16)33-38(36,37)21-5-3-4-19(14-21)26(28,29)30/h3-9,14,33,35H,10-13H2,1-2H3. The molecule has 4 rings (SSSR count). The normalized spacial score (nSPS) is 15.7. The number of pyridine rings is 1. The number of nitrogens with one attached hydrogen (secondary N) is 1. The second-order valence-electron chi connectivity index (χ2n) is 9.16. The van der Waals surface area contributed by atoms with E-state index >= 15 is 0 Å². The minimum atomic E-state index is -4.71. The maximum Gasteiger partial charge on any atom is 0.416 e. The van der Waals surface area contributed by atoms with Crippen LogP contribution in [0.25, 0.3) is 0 Å². The predicted molar refractivity (Wildman–Crippen MR) is 137 cm³/mol. The molecule has 0 unspecified atom stereocenters. The Morgan fingerprint density at radius 1 is 1.13 bits per heavy atom. The molecule has 3 aromatic rings. The smallest absolute Gasteiger partial charge is 0.385 e. The molecule has 0 aliphatic carbocycles. The molecule has 1 saturated heterocycles. The van der Waals surface area contributed by atoms with Gasteiger partial charge in [-0.1, -0.05) is 29.8 Å². The second kappa shape index (κ2) is 10.1. The van der Waals surface area contributed by atoms with Crippen LogP contribution in [0.5, 0.6) is 0 Å². The van der Waals surface area contributed by atoms with Crippen LogP contribution >= 0.6 is 11.6 Å². The lowest BCUT2D eigenvalue weighted by Crippen LogP contribution is -2.43. The fourth-order valence-corrected chi connectivity index (χ4v) is 5.87. The van der Waals surface area contributed by atoms with Crippen LogP contribution in [0.3, 0.4) is 0 Å². The molecule has 1 aliphatic rings. The number of halogens is 4. The van der Waals surface area contributed by atoms with Gasteiger partial charge in [-0.2, -0.15) is 18.4 Å². The Morgan fingerprint density at radius 3 is 2.34 bits per heavy atom. The number of anilines is 2. The van der Waals surface area contributed by atoms with Crippen LogP contribution in [0.4, 0.5) is 24.7 Å². The van der Waals surface area contributed by atoms with E-state index in [9.17, 15) is 32.0 Å². The summed E-state index contributed by atoms with van der Waals surface area (Å²) in [6.45, 7) is 3.87. The number of aryl methyl sites for hydroxylation is 1. The number of aliphatic hydroxyl groups is 1. The molecule has 1 aliphatic heterocycles. The molecular weight excluding hydrogens is 541 g/mol. The summed E-state index contributed by atoms with van der Waals surface area (Å²) in [5.74, 6) is 0.350. The van der Waals surface area contributed by atoms with Gasteiger partial charge in [0.25, 0.3) is 10.0 Å². The fraction of sp³-hybridized carbons (Fsp3) is 0.308. The minimum absolute atomic E-state index is 0.0254. The lowest BCUT2D eigenvalue weighted by Gasteiger charge is -2.39. The van der Waals surface area contributed by atoms with E-state index in [1.54, 1.807) is 38.1 Å². The third-order valence-electron chi connectivity index (χ3n) is 6.70. The second-order valence-corrected chi connectivity index (χ2v) is 11.3. The lowest BCUT2D eigenvalue weighted by molar-refractivity contribution is -0.137. The molecule has 2 heterocycles. The van der Waals surface area contributed by atoms with Crippen LogP contribution in [0.1, 0.15) is 40.8 Å². The van der Waals surface area contributed by atoms with E-state index in [-0.39, 0.29) is 16.9 Å². The molecule has 0 amide bonds. The summed E-state index contributed by atoms with van der Waals surface area (Å²) in [5, 5.41) is 21.7. The van der Waals surface area contributed by atoms with Crippen molar-refractivity contribution < 1.29 is 26.7 Å². The number of rotatable bonds is 5. The first-order valence-electron chi connectivity index (χ1n) is 11.6. The van der Waals surface area contributed by atoms with Crippen molar-refractivity contribution in [1.82, 2.24) is 4.98 Å². The minimum Gasteiger partial charge on any atom is -0.385 e. The molecule has 0 spiro atoms. The van der Waals surface area contributed by atoms with E-state index in [2.05, 4.69) is 15.8 Å². The Hall–Kier alpha value is -3.33. The number of piperidine rings is 1. The number of hydrogen-bond acceptors (Lipinski definition) is 6. The van der Waals surface area contributed by atoms with E-state index in [1.807, 2.05) is 4.90 Å². The third-order valence-corrected chi connectivity index (χ3v) is 8.30. The number of benzene rings is 2. The molecule has 2 N–H and O–H groups in total. The molecule has 0 bridgehead atoms. The fourth-order valence-electron chi connectivity index (χ4n) is 4.52. The summed E-state index contributed by atoms with van der Waals surface area (Å²) in [6, 6.07) is 12.5. The molecular formula is C26H24ClF3N4O3S. The Morgan fingerprint density at radius 2 is 1.76 bits per heavy atom. The molecule has 2 aromatic carbocycles. The Balaban J connectivity index is 1.61. The van der Waals surface area contributed by atoms with E-state index in [0.29, 0.717) is 48.4 Å². The molecule has 38 heavy (non-hydrogen) atoms. The highest BCUT2D eigenvalue weighted by molar-refractivity contribution is 7.92. The molecule has 0 atom stereocenters. The third kappa shape index (κ3) is 5.43. The van der Waals surface area contributed by atoms with Crippen molar-refractivity contribution >= 4 is 33.1 Å². The average molecular weight is 565 g/mol. The summed E-state index contributed by atoms with van der Waals surface area (Å²) >= 11 is 5.96. The molecule has 0 radical (unpaired) electrons. The van der Waals surface area contributed by atoms with E-state index < -0.39 is 32.3 Å². The summed E-state index contributed by atoms with van der Waals surface area (Å²) in [6.07, 6.45) is -3.98. The summed E-state index contributed by atoms with van der Waals surface area (Å²) in [7, 11) is -4.41. The van der Waals surface area contributed by atoms with Crippen LogP contribution in [0.2, 0.25) is 5.02 Å². The van der Waals surface area contributed by atoms with Crippen molar-refractivity contribution in [2.75, 3.05) is 22.7 Å². The Bertz CT molecular complexity index is 1510. The van der Waals surface area contributed by atoms with Crippen LogP contribution in [-0.2, 0) is 21.8 Å².